The van der Waals surface area contributed by atoms with Gasteiger partial charge in [0, 0.05) is 24.0 Å². The Kier molecular flexibility index (Phi) is 4.73. The Hall–Kier alpha value is -2.09. The van der Waals surface area contributed by atoms with Gasteiger partial charge in [0.25, 0.3) is 0 Å². The molecule has 0 amide bonds. The SMILES string of the molecule is CCN1c2ccc(C=Nc3cc(C)ccc3C)cc2C(C)CC1(C)C. The summed E-state index contributed by atoms with van der Waals surface area (Å²) in [6, 6.07) is 13.2. The standard InChI is InChI=1S/C23H30N2/c1-7-25-22-11-10-19(13-20(22)18(4)14-23(25,5)6)15-24-21-12-16(2)8-9-17(21)3/h8-13,15,18H,7,14H2,1-6H3. The highest BCUT2D eigenvalue weighted by atomic mass is 15.2. The van der Waals surface area contributed by atoms with Crippen LogP contribution in [0.15, 0.2) is 41.4 Å². The zero-order chi connectivity index (χ0) is 18.2. The third kappa shape index (κ3) is 3.49. The molecule has 2 heteroatoms. The zero-order valence-corrected chi connectivity index (χ0v) is 16.4. The van der Waals surface area contributed by atoms with Crippen molar-refractivity contribution in [1.29, 1.82) is 0 Å². The number of fused-ring (bicyclic) bond motifs is 1. The summed E-state index contributed by atoms with van der Waals surface area (Å²) in [7, 11) is 0. The highest BCUT2D eigenvalue weighted by Gasteiger charge is 2.35. The molecule has 0 saturated carbocycles. The molecule has 1 aliphatic heterocycles. The molecular weight excluding hydrogens is 304 g/mol. The van der Waals surface area contributed by atoms with Gasteiger partial charge in [0.1, 0.15) is 0 Å². The van der Waals surface area contributed by atoms with Gasteiger partial charge in [-0.25, -0.2) is 0 Å². The maximum Gasteiger partial charge on any atom is 0.0661 e. The summed E-state index contributed by atoms with van der Waals surface area (Å²) in [5.41, 5.74) is 7.76. The lowest BCUT2D eigenvalue weighted by Gasteiger charge is -2.47. The van der Waals surface area contributed by atoms with Crippen LogP contribution < -0.4 is 4.90 Å². The van der Waals surface area contributed by atoms with E-state index < -0.39 is 0 Å². The number of benzene rings is 2. The van der Waals surface area contributed by atoms with Crippen LogP contribution in [0.2, 0.25) is 0 Å². The highest BCUT2D eigenvalue weighted by molar-refractivity contribution is 5.84. The topological polar surface area (TPSA) is 15.6 Å². The smallest absolute Gasteiger partial charge is 0.0661 e. The van der Waals surface area contributed by atoms with E-state index in [4.69, 9.17) is 4.99 Å². The Bertz CT molecular complexity index is 802. The number of hydrogen-bond acceptors (Lipinski definition) is 2. The molecule has 0 aromatic heterocycles. The summed E-state index contributed by atoms with van der Waals surface area (Å²) in [6.45, 7) is 14.6. The zero-order valence-electron chi connectivity index (χ0n) is 16.4. The maximum absolute atomic E-state index is 4.74. The van der Waals surface area contributed by atoms with E-state index in [1.807, 2.05) is 6.21 Å². The van der Waals surface area contributed by atoms with Crippen LogP contribution in [0.1, 0.15) is 62.3 Å². The van der Waals surface area contributed by atoms with Gasteiger partial charge >= 0.3 is 0 Å². The molecule has 0 bridgehead atoms. The number of aliphatic imine (C=N–C) groups is 1. The number of aryl methyl sites for hydroxylation is 2. The van der Waals surface area contributed by atoms with Gasteiger partial charge in [0.15, 0.2) is 0 Å². The van der Waals surface area contributed by atoms with Gasteiger partial charge in [0.2, 0.25) is 0 Å². The molecule has 0 saturated heterocycles. The molecule has 1 unspecified atom stereocenters. The van der Waals surface area contributed by atoms with E-state index in [9.17, 15) is 0 Å². The van der Waals surface area contributed by atoms with Crippen molar-refractivity contribution in [1.82, 2.24) is 0 Å². The van der Waals surface area contributed by atoms with Gasteiger partial charge < -0.3 is 4.90 Å². The second-order valence-electron chi connectivity index (χ2n) is 8.03. The Morgan fingerprint density at radius 1 is 1.16 bits per heavy atom. The largest absolute Gasteiger partial charge is 0.366 e. The van der Waals surface area contributed by atoms with E-state index >= 15 is 0 Å². The molecule has 0 spiro atoms. The molecule has 25 heavy (non-hydrogen) atoms. The number of nitrogens with zero attached hydrogens (tertiary/aromatic N) is 2. The summed E-state index contributed by atoms with van der Waals surface area (Å²) in [4.78, 5) is 7.28. The van der Waals surface area contributed by atoms with Crippen molar-refractivity contribution in [2.24, 2.45) is 4.99 Å². The van der Waals surface area contributed by atoms with Gasteiger partial charge in [-0.2, -0.15) is 0 Å². The summed E-state index contributed by atoms with van der Waals surface area (Å²) in [6.07, 6.45) is 3.19. The molecule has 0 N–H and O–H groups in total. The van der Waals surface area contributed by atoms with Gasteiger partial charge in [-0.1, -0.05) is 25.1 Å². The normalized spacial score (nSPS) is 19.3. The minimum Gasteiger partial charge on any atom is -0.366 e. The maximum atomic E-state index is 4.74. The van der Waals surface area contributed by atoms with Crippen LogP contribution >= 0.6 is 0 Å². The Morgan fingerprint density at radius 3 is 2.64 bits per heavy atom. The molecule has 2 aromatic rings. The number of anilines is 1. The van der Waals surface area contributed by atoms with E-state index in [1.54, 1.807) is 0 Å². The quantitative estimate of drug-likeness (QED) is 0.613. The van der Waals surface area contributed by atoms with Crippen molar-refractivity contribution in [3.05, 3.63) is 58.7 Å². The Morgan fingerprint density at radius 2 is 1.92 bits per heavy atom. The monoisotopic (exact) mass is 334 g/mol. The highest BCUT2D eigenvalue weighted by Crippen LogP contribution is 2.43. The minimum absolute atomic E-state index is 0.218. The Balaban J connectivity index is 1.95. The van der Waals surface area contributed by atoms with Crippen molar-refractivity contribution in [2.75, 3.05) is 11.4 Å². The average molecular weight is 335 g/mol. The van der Waals surface area contributed by atoms with Crippen LogP contribution in [0.5, 0.6) is 0 Å². The van der Waals surface area contributed by atoms with E-state index in [0.29, 0.717) is 5.92 Å². The molecular formula is C23H30N2. The number of hydrogen-bond donors (Lipinski definition) is 0. The summed E-state index contributed by atoms with van der Waals surface area (Å²) in [5, 5.41) is 0. The molecule has 1 heterocycles. The molecule has 2 nitrogen and oxygen atoms in total. The molecule has 132 valence electrons. The van der Waals surface area contributed by atoms with Crippen molar-refractivity contribution in [3.8, 4) is 0 Å². The van der Waals surface area contributed by atoms with Crippen LogP contribution in [0.25, 0.3) is 0 Å². The fourth-order valence-corrected chi connectivity index (χ4v) is 4.19. The molecule has 0 aliphatic carbocycles. The molecule has 2 aromatic carbocycles. The fourth-order valence-electron chi connectivity index (χ4n) is 4.19. The molecule has 1 aliphatic rings. The first-order valence-electron chi connectivity index (χ1n) is 9.34. The van der Waals surface area contributed by atoms with E-state index in [0.717, 1.165) is 12.2 Å². The van der Waals surface area contributed by atoms with Crippen LogP contribution in [-0.4, -0.2) is 18.3 Å². The van der Waals surface area contributed by atoms with E-state index in [1.165, 1.54) is 34.4 Å². The summed E-state index contributed by atoms with van der Waals surface area (Å²) in [5.74, 6) is 0.571. The summed E-state index contributed by atoms with van der Waals surface area (Å²) < 4.78 is 0. The van der Waals surface area contributed by atoms with Crippen molar-refractivity contribution in [2.45, 2.75) is 59.4 Å². The molecule has 0 fully saturated rings. The van der Waals surface area contributed by atoms with Crippen LogP contribution in [-0.2, 0) is 0 Å². The van der Waals surface area contributed by atoms with Gasteiger partial charge in [-0.15, -0.1) is 0 Å². The second kappa shape index (κ2) is 6.67. The first-order chi connectivity index (χ1) is 11.8. The number of rotatable bonds is 3. The lowest BCUT2D eigenvalue weighted by molar-refractivity contribution is 0.381. The van der Waals surface area contributed by atoms with E-state index in [2.05, 4.69) is 82.8 Å². The first kappa shape index (κ1) is 17.7. The van der Waals surface area contributed by atoms with E-state index in [-0.39, 0.29) is 5.54 Å². The first-order valence-corrected chi connectivity index (χ1v) is 9.34. The van der Waals surface area contributed by atoms with Crippen molar-refractivity contribution < 1.29 is 0 Å². The lowest BCUT2D eigenvalue weighted by Crippen LogP contribution is -2.48. The third-order valence-electron chi connectivity index (χ3n) is 5.44. The molecule has 1 atom stereocenters. The molecule has 3 rings (SSSR count). The fraction of sp³-hybridized carbons (Fsp3) is 0.435. The van der Waals surface area contributed by atoms with Crippen molar-refractivity contribution in [3.63, 3.8) is 0 Å². The van der Waals surface area contributed by atoms with Gasteiger partial charge in [-0.3, -0.25) is 4.99 Å². The van der Waals surface area contributed by atoms with Crippen LogP contribution in [0.3, 0.4) is 0 Å². The van der Waals surface area contributed by atoms with Crippen LogP contribution in [0, 0.1) is 13.8 Å². The van der Waals surface area contributed by atoms with Crippen LogP contribution in [0.4, 0.5) is 11.4 Å². The average Bonchev–Trinajstić information content (AvgIpc) is 2.55. The second-order valence-corrected chi connectivity index (χ2v) is 8.03. The predicted molar refractivity (Wildman–Crippen MR) is 110 cm³/mol. The Labute approximate surface area is 152 Å². The van der Waals surface area contributed by atoms with Gasteiger partial charge in [-0.05, 0) is 87.4 Å². The van der Waals surface area contributed by atoms with Crippen molar-refractivity contribution >= 4 is 17.6 Å². The molecule has 0 radical (unpaired) electrons. The minimum atomic E-state index is 0.218. The summed E-state index contributed by atoms with van der Waals surface area (Å²) >= 11 is 0. The lowest BCUT2D eigenvalue weighted by atomic mass is 9.79. The van der Waals surface area contributed by atoms with Gasteiger partial charge in [0.05, 0.1) is 5.69 Å². The predicted octanol–water partition coefficient (Wildman–Crippen LogP) is 6.17. The third-order valence-corrected chi connectivity index (χ3v) is 5.44.